The van der Waals surface area contributed by atoms with E-state index in [1.165, 1.54) is 11.3 Å². The minimum Gasteiger partial charge on any atom is -0.331 e. The summed E-state index contributed by atoms with van der Waals surface area (Å²) in [6, 6.07) is 1.94. The van der Waals surface area contributed by atoms with Crippen LogP contribution in [0.1, 0.15) is 15.2 Å². The van der Waals surface area contributed by atoms with Gasteiger partial charge in [-0.1, -0.05) is 12.2 Å². The lowest BCUT2D eigenvalue weighted by Crippen LogP contribution is -2.27. The van der Waals surface area contributed by atoms with Gasteiger partial charge in [0.15, 0.2) is 0 Å². The molecule has 2 heterocycles. The van der Waals surface area contributed by atoms with Gasteiger partial charge in [-0.15, -0.1) is 11.3 Å². The summed E-state index contributed by atoms with van der Waals surface area (Å²) in [6.07, 6.45) is 4.04. The van der Waals surface area contributed by atoms with Gasteiger partial charge in [0.05, 0.1) is 8.66 Å². The van der Waals surface area contributed by atoms with Crippen LogP contribution in [0.25, 0.3) is 0 Å². The Kier molecular flexibility index (Phi) is 2.74. The van der Waals surface area contributed by atoms with Crippen molar-refractivity contribution in [1.82, 2.24) is 4.90 Å². The van der Waals surface area contributed by atoms with E-state index in [0.29, 0.717) is 0 Å². The van der Waals surface area contributed by atoms with Crippen LogP contribution in [-0.2, 0) is 0 Å². The minimum absolute atomic E-state index is 0.133. The van der Waals surface area contributed by atoms with E-state index in [0.717, 1.165) is 27.3 Å². The molecule has 0 N–H and O–H groups in total. The Morgan fingerprint density at radius 1 is 1.50 bits per heavy atom. The van der Waals surface area contributed by atoms with Gasteiger partial charge in [-0.25, -0.2) is 0 Å². The maximum absolute atomic E-state index is 11.9. The molecule has 0 spiro atoms. The number of aryl methyl sites for hydroxylation is 1. The van der Waals surface area contributed by atoms with E-state index in [9.17, 15) is 4.79 Å². The number of thiophene rings is 1. The minimum atomic E-state index is 0.133. The molecule has 0 unspecified atom stereocenters. The summed E-state index contributed by atoms with van der Waals surface area (Å²) in [5, 5.41) is 0. The highest BCUT2D eigenvalue weighted by atomic mass is 79.9. The highest BCUT2D eigenvalue weighted by molar-refractivity contribution is 9.11. The Balaban J connectivity index is 2.18. The standard InChI is InChI=1S/C10H10BrNOS/c1-7-6-8(14-9(7)11)10(13)12-4-2-3-5-12/h2-3,6H,4-5H2,1H3. The van der Waals surface area contributed by atoms with Gasteiger partial charge in [0.25, 0.3) is 5.91 Å². The smallest absolute Gasteiger partial charge is 0.264 e. The molecule has 2 nitrogen and oxygen atoms in total. The van der Waals surface area contributed by atoms with E-state index in [4.69, 9.17) is 0 Å². The zero-order valence-electron chi connectivity index (χ0n) is 7.79. The highest BCUT2D eigenvalue weighted by Gasteiger charge is 2.18. The molecule has 0 fully saturated rings. The molecule has 1 aliphatic rings. The lowest BCUT2D eigenvalue weighted by atomic mass is 10.3. The third-order valence-corrected chi connectivity index (χ3v) is 4.30. The number of hydrogen-bond acceptors (Lipinski definition) is 2. The predicted octanol–water partition coefficient (Wildman–Crippen LogP) is 2.83. The second kappa shape index (κ2) is 3.87. The van der Waals surface area contributed by atoms with Crippen LogP contribution in [0.2, 0.25) is 0 Å². The molecule has 2 rings (SSSR count). The molecule has 0 radical (unpaired) electrons. The Morgan fingerprint density at radius 3 is 2.64 bits per heavy atom. The van der Waals surface area contributed by atoms with E-state index in [1.807, 2.05) is 30.0 Å². The molecule has 0 saturated carbocycles. The third-order valence-electron chi connectivity index (χ3n) is 2.17. The second-order valence-electron chi connectivity index (χ2n) is 3.25. The average molecular weight is 272 g/mol. The first-order valence-corrected chi connectivity index (χ1v) is 5.99. The summed E-state index contributed by atoms with van der Waals surface area (Å²) in [5.74, 6) is 0.133. The fourth-order valence-corrected chi connectivity index (χ4v) is 2.87. The van der Waals surface area contributed by atoms with Gasteiger partial charge >= 0.3 is 0 Å². The number of nitrogens with zero attached hydrogens (tertiary/aromatic N) is 1. The molecule has 1 aromatic heterocycles. The third kappa shape index (κ3) is 1.77. The van der Waals surface area contributed by atoms with Crippen LogP contribution >= 0.6 is 27.3 Å². The number of hydrogen-bond donors (Lipinski definition) is 0. The van der Waals surface area contributed by atoms with E-state index in [2.05, 4.69) is 15.9 Å². The lowest BCUT2D eigenvalue weighted by Gasteiger charge is -2.13. The predicted molar refractivity (Wildman–Crippen MR) is 61.8 cm³/mol. The SMILES string of the molecule is Cc1cc(C(=O)N2CC=CC2)sc1Br. The maximum atomic E-state index is 11.9. The van der Waals surface area contributed by atoms with Gasteiger partial charge in [-0.05, 0) is 34.5 Å². The molecular formula is C10H10BrNOS. The molecule has 14 heavy (non-hydrogen) atoms. The Labute approximate surface area is 95.4 Å². The van der Waals surface area contributed by atoms with Crippen molar-refractivity contribution in [1.29, 1.82) is 0 Å². The van der Waals surface area contributed by atoms with Gasteiger partial charge in [0.2, 0.25) is 0 Å². The Bertz CT molecular complexity index is 369. The van der Waals surface area contributed by atoms with Crippen LogP contribution in [0.5, 0.6) is 0 Å². The van der Waals surface area contributed by atoms with Crippen molar-refractivity contribution in [3.05, 3.63) is 32.4 Å². The van der Waals surface area contributed by atoms with Crippen molar-refractivity contribution in [2.24, 2.45) is 0 Å². The number of halogens is 1. The van der Waals surface area contributed by atoms with Gasteiger partial charge < -0.3 is 4.90 Å². The summed E-state index contributed by atoms with van der Waals surface area (Å²) in [5.41, 5.74) is 1.13. The maximum Gasteiger partial charge on any atom is 0.264 e. The van der Waals surface area contributed by atoms with Gasteiger partial charge in [-0.3, -0.25) is 4.79 Å². The number of carbonyl (C=O) groups is 1. The largest absolute Gasteiger partial charge is 0.331 e. The van der Waals surface area contributed by atoms with E-state index < -0.39 is 0 Å². The van der Waals surface area contributed by atoms with Crippen molar-refractivity contribution in [3.63, 3.8) is 0 Å². The molecule has 0 bridgehead atoms. The fraction of sp³-hybridized carbons (Fsp3) is 0.300. The van der Waals surface area contributed by atoms with Crippen molar-refractivity contribution in [2.45, 2.75) is 6.92 Å². The van der Waals surface area contributed by atoms with E-state index >= 15 is 0 Å². The van der Waals surface area contributed by atoms with Crippen LogP contribution in [0.15, 0.2) is 22.0 Å². The Morgan fingerprint density at radius 2 is 2.14 bits per heavy atom. The summed E-state index contributed by atoms with van der Waals surface area (Å²) >= 11 is 4.93. The molecule has 1 aromatic rings. The van der Waals surface area contributed by atoms with E-state index in [1.54, 1.807) is 0 Å². The molecule has 4 heteroatoms. The van der Waals surface area contributed by atoms with Crippen LogP contribution in [0, 0.1) is 6.92 Å². The van der Waals surface area contributed by atoms with Crippen molar-refractivity contribution in [3.8, 4) is 0 Å². The van der Waals surface area contributed by atoms with Crippen LogP contribution < -0.4 is 0 Å². The Hall–Kier alpha value is -0.610. The molecule has 1 amide bonds. The summed E-state index contributed by atoms with van der Waals surface area (Å²) in [7, 11) is 0. The van der Waals surface area contributed by atoms with Crippen LogP contribution in [-0.4, -0.2) is 23.9 Å². The first-order chi connectivity index (χ1) is 6.68. The molecule has 0 saturated heterocycles. The van der Waals surface area contributed by atoms with Crippen molar-refractivity contribution >= 4 is 33.2 Å². The van der Waals surface area contributed by atoms with Gasteiger partial charge in [0.1, 0.15) is 0 Å². The van der Waals surface area contributed by atoms with Crippen molar-refractivity contribution in [2.75, 3.05) is 13.1 Å². The van der Waals surface area contributed by atoms with Gasteiger partial charge in [0, 0.05) is 13.1 Å². The van der Waals surface area contributed by atoms with E-state index in [-0.39, 0.29) is 5.91 Å². The monoisotopic (exact) mass is 271 g/mol. The summed E-state index contributed by atoms with van der Waals surface area (Å²) in [4.78, 5) is 14.5. The molecule has 0 atom stereocenters. The zero-order valence-corrected chi connectivity index (χ0v) is 10.2. The quantitative estimate of drug-likeness (QED) is 0.720. The molecular weight excluding hydrogens is 262 g/mol. The summed E-state index contributed by atoms with van der Waals surface area (Å²) < 4.78 is 1.05. The lowest BCUT2D eigenvalue weighted by molar-refractivity contribution is 0.0804. The molecule has 1 aliphatic heterocycles. The first kappa shape index (κ1) is 9.93. The zero-order chi connectivity index (χ0) is 10.1. The normalized spacial score (nSPS) is 15.1. The number of amides is 1. The number of carbonyl (C=O) groups excluding carboxylic acids is 1. The van der Waals surface area contributed by atoms with Crippen molar-refractivity contribution < 1.29 is 4.79 Å². The second-order valence-corrected chi connectivity index (χ2v) is 5.62. The van der Waals surface area contributed by atoms with Crippen LogP contribution in [0.4, 0.5) is 0 Å². The molecule has 0 aliphatic carbocycles. The van der Waals surface area contributed by atoms with Gasteiger partial charge in [-0.2, -0.15) is 0 Å². The molecule has 0 aromatic carbocycles. The summed E-state index contributed by atoms with van der Waals surface area (Å²) in [6.45, 7) is 3.49. The first-order valence-electron chi connectivity index (χ1n) is 4.38. The highest BCUT2D eigenvalue weighted by Crippen LogP contribution is 2.28. The van der Waals surface area contributed by atoms with Crippen LogP contribution in [0.3, 0.4) is 0 Å². The fourth-order valence-electron chi connectivity index (χ4n) is 1.37. The number of rotatable bonds is 1. The molecule has 74 valence electrons. The average Bonchev–Trinajstić information content (AvgIpc) is 2.76. The topological polar surface area (TPSA) is 20.3 Å².